The van der Waals surface area contributed by atoms with Crippen molar-refractivity contribution in [3.63, 3.8) is 0 Å². The number of nitrogens with one attached hydrogen (secondary N) is 1. The van der Waals surface area contributed by atoms with Gasteiger partial charge in [0.05, 0.1) is 24.5 Å². The number of hydrogen-bond donors (Lipinski definition) is 1. The number of methoxy groups -OCH3 is 1. The van der Waals surface area contributed by atoms with Crippen LogP contribution in [0.25, 0.3) is 0 Å². The van der Waals surface area contributed by atoms with E-state index in [2.05, 4.69) is 10.1 Å². The van der Waals surface area contributed by atoms with Gasteiger partial charge < -0.3 is 14.8 Å². The van der Waals surface area contributed by atoms with Crippen LogP contribution in [-0.2, 0) is 28.7 Å². The molecule has 0 radical (unpaired) electrons. The molecule has 0 spiro atoms. The second-order valence-corrected chi connectivity index (χ2v) is 11.2. The van der Waals surface area contributed by atoms with Crippen LogP contribution in [0, 0.1) is 11.8 Å². The quantitative estimate of drug-likeness (QED) is 0.294. The minimum absolute atomic E-state index is 0.248. The Morgan fingerprint density at radius 2 is 1.33 bits per heavy atom. The molecule has 3 aliphatic carbocycles. The van der Waals surface area contributed by atoms with Gasteiger partial charge in [-0.15, -0.1) is 0 Å². The number of nitrogens with zero attached hydrogens (tertiary/aromatic N) is 1. The molecule has 3 aromatic rings. The van der Waals surface area contributed by atoms with Crippen LogP contribution in [0.2, 0.25) is 0 Å². The van der Waals surface area contributed by atoms with Gasteiger partial charge in [0.2, 0.25) is 11.8 Å². The molecule has 1 aliphatic heterocycles. The number of esters is 2. The van der Waals surface area contributed by atoms with Crippen molar-refractivity contribution in [2.75, 3.05) is 19.0 Å². The molecule has 1 fully saturated rings. The van der Waals surface area contributed by atoms with Crippen LogP contribution >= 0.6 is 0 Å². The summed E-state index contributed by atoms with van der Waals surface area (Å²) in [5.74, 6) is -4.35. The third kappa shape index (κ3) is 4.78. The highest BCUT2D eigenvalue weighted by molar-refractivity contribution is 6.10. The van der Waals surface area contributed by atoms with Crippen molar-refractivity contribution >= 4 is 35.3 Å². The predicted octanol–water partition coefficient (Wildman–Crippen LogP) is 4.41. The van der Waals surface area contributed by atoms with E-state index in [4.69, 9.17) is 4.74 Å². The molecule has 4 aliphatic rings. The van der Waals surface area contributed by atoms with Gasteiger partial charge in [0, 0.05) is 17.5 Å². The fraction of sp³-hybridized carbons (Fsp3) is 0.324. The number of amides is 3. The molecule has 1 N–H and O–H groups in total. The number of carbonyl (C=O) groups is 5. The normalized spacial score (nSPS) is 21.9. The molecule has 0 unspecified atom stereocenters. The first-order valence-electron chi connectivity index (χ1n) is 14.5. The van der Waals surface area contributed by atoms with E-state index in [0.717, 1.165) is 33.6 Å². The molecule has 9 nitrogen and oxygen atoms in total. The minimum Gasteiger partial charge on any atom is -0.465 e. The smallest absolute Gasteiger partial charge is 0.337 e. The molecule has 0 saturated carbocycles. The first-order chi connectivity index (χ1) is 20.8. The summed E-state index contributed by atoms with van der Waals surface area (Å²) in [5, 5.41) is 2.62. The first kappa shape index (κ1) is 28.3. The number of hydrogen-bond acceptors (Lipinski definition) is 7. The largest absolute Gasteiger partial charge is 0.465 e. The molecule has 0 aromatic heterocycles. The summed E-state index contributed by atoms with van der Waals surface area (Å²) in [6.45, 7) is 1.37. The lowest BCUT2D eigenvalue weighted by Crippen LogP contribution is -2.47. The van der Waals surface area contributed by atoms with Crippen LogP contribution in [0.1, 0.15) is 70.6 Å². The van der Waals surface area contributed by atoms with Crippen LogP contribution in [0.15, 0.2) is 72.8 Å². The van der Waals surface area contributed by atoms with Crippen molar-refractivity contribution in [1.82, 2.24) is 4.90 Å². The number of rotatable bonds is 9. The Kier molecular flexibility index (Phi) is 7.56. The monoisotopic (exact) mass is 580 g/mol. The molecule has 9 heteroatoms. The summed E-state index contributed by atoms with van der Waals surface area (Å²) in [6.07, 6.45) is 1.59. The number of anilines is 1. The summed E-state index contributed by atoms with van der Waals surface area (Å²) < 4.78 is 10.1. The predicted molar refractivity (Wildman–Crippen MR) is 156 cm³/mol. The lowest BCUT2D eigenvalue weighted by atomic mass is 9.55. The van der Waals surface area contributed by atoms with Gasteiger partial charge in [0.1, 0.15) is 6.04 Å². The number of imide groups is 1. The topological polar surface area (TPSA) is 119 Å². The molecular formula is C34H32N2O7. The van der Waals surface area contributed by atoms with E-state index in [-0.39, 0.29) is 30.1 Å². The number of carbonyl (C=O) groups excluding carboxylic acids is 5. The third-order valence-corrected chi connectivity index (χ3v) is 8.83. The fourth-order valence-electron chi connectivity index (χ4n) is 6.99. The van der Waals surface area contributed by atoms with E-state index in [1.807, 2.05) is 55.5 Å². The SMILES string of the molecule is CCCC[C@H](C(=O)OCC(=O)Nc1ccc(C(=O)OC)cc1)N1C(=O)[C@H]2C3c4ccccc4C(c4ccccc43)[C@@H]2C1=O. The van der Waals surface area contributed by atoms with Crippen molar-refractivity contribution < 1.29 is 33.4 Å². The Labute approximate surface area is 249 Å². The van der Waals surface area contributed by atoms with Crippen molar-refractivity contribution in [1.29, 1.82) is 0 Å². The summed E-state index contributed by atoms with van der Waals surface area (Å²) >= 11 is 0. The molecule has 1 heterocycles. The third-order valence-electron chi connectivity index (χ3n) is 8.83. The van der Waals surface area contributed by atoms with Crippen LogP contribution in [0.3, 0.4) is 0 Å². The number of unbranched alkanes of at least 4 members (excludes halogenated alkanes) is 1. The van der Waals surface area contributed by atoms with Crippen molar-refractivity contribution in [2.24, 2.45) is 11.8 Å². The van der Waals surface area contributed by atoms with Gasteiger partial charge in [-0.2, -0.15) is 0 Å². The van der Waals surface area contributed by atoms with Crippen molar-refractivity contribution in [3.05, 3.63) is 101 Å². The average Bonchev–Trinajstić information content (AvgIpc) is 3.30. The van der Waals surface area contributed by atoms with E-state index in [0.29, 0.717) is 17.7 Å². The molecule has 7 rings (SSSR count). The number of ether oxygens (including phenoxy) is 2. The molecule has 43 heavy (non-hydrogen) atoms. The molecule has 2 bridgehead atoms. The maximum atomic E-state index is 14.1. The highest BCUT2D eigenvalue weighted by Crippen LogP contribution is 2.61. The zero-order valence-corrected chi connectivity index (χ0v) is 23.9. The van der Waals surface area contributed by atoms with Gasteiger partial charge in [-0.05, 0) is 52.9 Å². The minimum atomic E-state index is -1.12. The highest BCUT2D eigenvalue weighted by Gasteiger charge is 2.63. The Morgan fingerprint density at radius 3 is 1.79 bits per heavy atom. The van der Waals surface area contributed by atoms with Gasteiger partial charge in [0.15, 0.2) is 6.61 Å². The molecule has 1 saturated heterocycles. The maximum Gasteiger partial charge on any atom is 0.337 e. The fourth-order valence-corrected chi connectivity index (χ4v) is 6.99. The summed E-state index contributed by atoms with van der Waals surface area (Å²) in [4.78, 5) is 67.1. The second kappa shape index (κ2) is 11.5. The molecule has 3 atom stereocenters. The zero-order valence-electron chi connectivity index (χ0n) is 23.9. The number of likely N-dealkylation sites (tertiary alicyclic amines) is 1. The Morgan fingerprint density at radius 1 is 0.814 bits per heavy atom. The molecular weight excluding hydrogens is 548 g/mol. The summed E-state index contributed by atoms with van der Waals surface area (Å²) in [5.41, 5.74) is 4.95. The Bertz CT molecular complexity index is 1500. The molecule has 3 aromatic carbocycles. The van der Waals surface area contributed by atoms with Gasteiger partial charge in [-0.25, -0.2) is 9.59 Å². The van der Waals surface area contributed by atoms with E-state index < -0.39 is 42.3 Å². The summed E-state index contributed by atoms with van der Waals surface area (Å²) in [6, 6.07) is 20.9. The lowest BCUT2D eigenvalue weighted by Gasteiger charge is -2.45. The zero-order chi connectivity index (χ0) is 30.2. The Hall–Kier alpha value is -4.79. The van der Waals surface area contributed by atoms with E-state index in [1.165, 1.54) is 31.4 Å². The molecule has 220 valence electrons. The van der Waals surface area contributed by atoms with Gasteiger partial charge in [-0.1, -0.05) is 68.3 Å². The number of benzene rings is 3. The van der Waals surface area contributed by atoms with Crippen LogP contribution in [0.5, 0.6) is 0 Å². The lowest BCUT2D eigenvalue weighted by molar-refractivity contribution is -0.160. The molecule has 3 amide bonds. The van der Waals surface area contributed by atoms with E-state index in [1.54, 1.807) is 0 Å². The van der Waals surface area contributed by atoms with Crippen LogP contribution in [0.4, 0.5) is 5.69 Å². The summed E-state index contributed by atoms with van der Waals surface area (Å²) in [7, 11) is 1.28. The van der Waals surface area contributed by atoms with Crippen molar-refractivity contribution in [3.8, 4) is 0 Å². The van der Waals surface area contributed by atoms with Crippen LogP contribution in [-0.4, -0.2) is 54.3 Å². The van der Waals surface area contributed by atoms with E-state index >= 15 is 0 Å². The first-order valence-corrected chi connectivity index (χ1v) is 14.5. The van der Waals surface area contributed by atoms with Crippen LogP contribution < -0.4 is 5.32 Å². The standard InChI is InChI=1S/C34H32N2O7/c1-3-4-13-25(34(41)43-18-26(37)35-20-16-14-19(15-17-20)33(40)42-2)36-31(38)29-27-21-9-5-6-10-22(21)28(30(29)32(36)39)24-12-8-7-11-23(24)27/h5-12,14-17,25,27-30H,3-4,13,18H2,1-2H3,(H,35,37)/t25-,27?,28?,29+,30+/m1/s1. The van der Waals surface area contributed by atoms with E-state index in [9.17, 15) is 24.0 Å². The second-order valence-electron chi connectivity index (χ2n) is 11.2. The van der Waals surface area contributed by atoms with Crippen molar-refractivity contribution in [2.45, 2.75) is 44.1 Å². The van der Waals surface area contributed by atoms with Gasteiger partial charge in [0.25, 0.3) is 5.91 Å². The average molecular weight is 581 g/mol. The maximum absolute atomic E-state index is 14.1. The highest BCUT2D eigenvalue weighted by atomic mass is 16.5. The van der Waals surface area contributed by atoms with Gasteiger partial charge >= 0.3 is 11.9 Å². The Balaban J connectivity index is 1.21. The van der Waals surface area contributed by atoms with Gasteiger partial charge in [-0.3, -0.25) is 19.3 Å².